The van der Waals surface area contributed by atoms with E-state index in [4.69, 9.17) is 0 Å². The van der Waals surface area contributed by atoms with Gasteiger partial charge in [0, 0.05) is 17.5 Å². The highest BCUT2D eigenvalue weighted by atomic mass is 14.8. The monoisotopic (exact) mass is 427 g/mol. The molecular formula is C32H29N. The number of nitrogens with one attached hydrogen (secondary N) is 1. The number of rotatable bonds is 2. The van der Waals surface area contributed by atoms with Crippen LogP contribution in [0.4, 0.5) is 5.69 Å². The summed E-state index contributed by atoms with van der Waals surface area (Å²) < 4.78 is 0. The Kier molecular flexibility index (Phi) is 6.71. The van der Waals surface area contributed by atoms with Gasteiger partial charge < -0.3 is 5.32 Å². The molecule has 0 fully saturated rings. The first-order valence-electron chi connectivity index (χ1n) is 11.2. The third kappa shape index (κ3) is 4.44. The van der Waals surface area contributed by atoms with Crippen molar-refractivity contribution in [3.63, 3.8) is 0 Å². The minimum Gasteiger partial charge on any atom is -0.361 e. The van der Waals surface area contributed by atoms with Crippen LogP contribution in [0.25, 0.3) is 5.57 Å². The molecule has 0 amide bonds. The summed E-state index contributed by atoms with van der Waals surface area (Å²) in [5.74, 6) is 0. The minimum atomic E-state index is -0.530. The number of para-hydroxylation sites is 1. The van der Waals surface area contributed by atoms with Gasteiger partial charge in [-0.15, -0.1) is 0 Å². The normalized spacial score (nSPS) is 20.3. The molecule has 0 aliphatic carbocycles. The molecular weight excluding hydrogens is 398 g/mol. The molecule has 0 spiro atoms. The van der Waals surface area contributed by atoms with Gasteiger partial charge in [0.25, 0.3) is 0 Å². The van der Waals surface area contributed by atoms with Crippen LogP contribution in [0.15, 0.2) is 152 Å². The van der Waals surface area contributed by atoms with Crippen LogP contribution in [0.1, 0.15) is 23.6 Å². The van der Waals surface area contributed by atoms with Crippen LogP contribution in [-0.4, -0.2) is 0 Å². The first-order chi connectivity index (χ1) is 16.1. The third-order valence-corrected chi connectivity index (χ3v) is 6.12. The fraction of sp³-hybridized carbons (Fsp3) is 0.0625. The molecule has 1 heteroatoms. The van der Waals surface area contributed by atoms with Crippen molar-refractivity contribution in [3.05, 3.63) is 169 Å². The zero-order valence-electron chi connectivity index (χ0n) is 19.0. The Labute approximate surface area is 197 Å². The molecule has 0 bridgehead atoms. The molecule has 0 saturated heterocycles. The van der Waals surface area contributed by atoms with E-state index >= 15 is 0 Å². The van der Waals surface area contributed by atoms with Crippen molar-refractivity contribution in [3.8, 4) is 0 Å². The quantitative estimate of drug-likeness (QED) is 0.434. The van der Waals surface area contributed by atoms with E-state index in [1.54, 1.807) is 0 Å². The van der Waals surface area contributed by atoms with Gasteiger partial charge in [-0.3, -0.25) is 0 Å². The first kappa shape index (κ1) is 22.1. The van der Waals surface area contributed by atoms with Gasteiger partial charge in [0.05, 0.1) is 5.41 Å². The van der Waals surface area contributed by atoms with Crippen LogP contribution in [0.3, 0.4) is 0 Å². The van der Waals surface area contributed by atoms with Crippen molar-refractivity contribution in [2.45, 2.75) is 12.3 Å². The molecule has 1 aliphatic rings. The molecule has 0 radical (unpaired) electrons. The lowest BCUT2D eigenvalue weighted by Gasteiger charge is -2.38. The van der Waals surface area contributed by atoms with Crippen molar-refractivity contribution in [2.75, 3.05) is 5.32 Å². The molecule has 1 N–H and O–H groups in total. The maximum absolute atomic E-state index is 4.59. The average Bonchev–Trinajstić information content (AvgIpc) is 2.85. The summed E-state index contributed by atoms with van der Waals surface area (Å²) >= 11 is 0. The molecule has 162 valence electrons. The Balaban J connectivity index is 2.02. The Hall–Kier alpha value is -4.10. The van der Waals surface area contributed by atoms with Gasteiger partial charge in [-0.1, -0.05) is 128 Å². The van der Waals surface area contributed by atoms with E-state index in [1.165, 1.54) is 11.1 Å². The van der Waals surface area contributed by atoms with Gasteiger partial charge in [0.1, 0.15) is 0 Å². The SMILES string of the molecule is C=C1/C=C(\C)C(c2ccccc2)(c2ccccc2)C(=C)\C=C/C=C\C=C\Nc2ccccc21. The van der Waals surface area contributed by atoms with Crippen molar-refractivity contribution in [1.82, 2.24) is 0 Å². The summed E-state index contributed by atoms with van der Waals surface area (Å²) in [4.78, 5) is 0. The van der Waals surface area contributed by atoms with E-state index in [1.807, 2.05) is 36.6 Å². The highest BCUT2D eigenvalue weighted by molar-refractivity contribution is 5.82. The molecule has 1 nitrogen and oxygen atoms in total. The molecule has 0 saturated carbocycles. The highest BCUT2D eigenvalue weighted by Gasteiger charge is 2.38. The molecule has 33 heavy (non-hydrogen) atoms. The zero-order valence-corrected chi connectivity index (χ0v) is 19.0. The minimum absolute atomic E-state index is 0.530. The topological polar surface area (TPSA) is 12.0 Å². The zero-order chi connectivity index (χ0) is 23.1. The Bertz CT molecular complexity index is 1210. The maximum Gasteiger partial charge on any atom is 0.0656 e. The van der Waals surface area contributed by atoms with E-state index in [2.05, 4.69) is 116 Å². The Morgan fingerprint density at radius 2 is 1.24 bits per heavy atom. The predicted octanol–water partition coefficient (Wildman–Crippen LogP) is 8.24. The van der Waals surface area contributed by atoms with E-state index in [-0.39, 0.29) is 0 Å². The fourth-order valence-electron chi connectivity index (χ4n) is 4.58. The fourth-order valence-corrected chi connectivity index (χ4v) is 4.58. The third-order valence-electron chi connectivity index (χ3n) is 6.12. The number of benzene rings is 3. The largest absolute Gasteiger partial charge is 0.361 e. The van der Waals surface area contributed by atoms with Gasteiger partial charge in [0.2, 0.25) is 0 Å². The van der Waals surface area contributed by atoms with Crippen LogP contribution in [0.5, 0.6) is 0 Å². The standard InChI is InChI=1S/C32H29N/c1-25-24-27(3)32(28-17-9-6-10-18-28,29-19-11-7-12-20-29)26(2)16-8-4-5-15-23-33-31-22-14-13-21-30(25)31/h4-24,33H,1-2H2,3H3/b5-4-,16-8-,23-15+,27-24+. The lowest BCUT2D eigenvalue weighted by molar-refractivity contribution is 0.726. The highest BCUT2D eigenvalue weighted by Crippen LogP contribution is 2.46. The summed E-state index contributed by atoms with van der Waals surface area (Å²) in [7, 11) is 0. The Morgan fingerprint density at radius 1 is 0.667 bits per heavy atom. The van der Waals surface area contributed by atoms with Crippen LogP contribution in [0, 0.1) is 0 Å². The lowest BCUT2D eigenvalue weighted by atomic mass is 9.64. The van der Waals surface area contributed by atoms with Gasteiger partial charge in [0.15, 0.2) is 0 Å². The molecule has 3 aromatic rings. The van der Waals surface area contributed by atoms with E-state index in [9.17, 15) is 0 Å². The maximum atomic E-state index is 4.59. The van der Waals surface area contributed by atoms with Crippen LogP contribution >= 0.6 is 0 Å². The van der Waals surface area contributed by atoms with Crippen molar-refractivity contribution in [1.29, 1.82) is 0 Å². The van der Waals surface area contributed by atoms with Crippen molar-refractivity contribution in [2.24, 2.45) is 0 Å². The molecule has 0 unspecified atom stereocenters. The van der Waals surface area contributed by atoms with Crippen molar-refractivity contribution >= 4 is 11.3 Å². The van der Waals surface area contributed by atoms with Gasteiger partial charge in [-0.25, -0.2) is 0 Å². The molecule has 4 rings (SSSR count). The second kappa shape index (κ2) is 10.0. The van der Waals surface area contributed by atoms with Gasteiger partial charge in [-0.2, -0.15) is 0 Å². The first-order valence-corrected chi connectivity index (χ1v) is 11.2. The number of hydrogen-bond donors (Lipinski definition) is 1. The lowest BCUT2D eigenvalue weighted by Crippen LogP contribution is -2.31. The summed E-state index contributed by atoms with van der Waals surface area (Å²) in [6.45, 7) is 11.2. The summed E-state index contributed by atoms with van der Waals surface area (Å²) in [6.07, 6.45) is 14.3. The van der Waals surface area contributed by atoms with Crippen LogP contribution in [0.2, 0.25) is 0 Å². The number of fused-ring (bicyclic) bond motifs is 1. The predicted molar refractivity (Wildman–Crippen MR) is 143 cm³/mol. The molecule has 1 aliphatic heterocycles. The summed E-state index contributed by atoms with van der Waals surface area (Å²) in [5, 5.41) is 3.39. The van der Waals surface area contributed by atoms with E-state index in [0.29, 0.717) is 0 Å². The van der Waals surface area contributed by atoms with Gasteiger partial charge in [-0.05, 0) is 41.3 Å². The van der Waals surface area contributed by atoms with Crippen molar-refractivity contribution < 1.29 is 0 Å². The van der Waals surface area contributed by atoms with E-state index in [0.717, 1.165) is 28.0 Å². The van der Waals surface area contributed by atoms with Crippen LogP contribution in [-0.2, 0) is 5.41 Å². The average molecular weight is 428 g/mol. The molecule has 3 aromatic carbocycles. The number of hydrogen-bond acceptors (Lipinski definition) is 1. The number of allylic oxidation sites excluding steroid dienone is 9. The van der Waals surface area contributed by atoms with E-state index < -0.39 is 5.41 Å². The number of anilines is 1. The summed E-state index contributed by atoms with van der Waals surface area (Å²) in [5.41, 5.74) is 7.02. The van der Waals surface area contributed by atoms with Gasteiger partial charge >= 0.3 is 0 Å². The Morgan fingerprint density at radius 3 is 1.91 bits per heavy atom. The van der Waals surface area contributed by atoms with Crippen LogP contribution < -0.4 is 5.32 Å². The smallest absolute Gasteiger partial charge is 0.0656 e. The molecule has 1 heterocycles. The molecule has 0 aromatic heterocycles. The molecule has 0 atom stereocenters. The second-order valence-electron chi connectivity index (χ2n) is 8.15. The summed E-state index contributed by atoms with van der Waals surface area (Å²) in [6, 6.07) is 29.5. The second-order valence-corrected chi connectivity index (χ2v) is 8.15.